The topological polar surface area (TPSA) is 63.7 Å². The molecule has 174 valence electrons. The number of nitrogens with one attached hydrogen (secondary N) is 1. The number of benzene rings is 2. The maximum atomic E-state index is 12.9. The molecule has 0 bridgehead atoms. The van der Waals surface area contributed by atoms with Crippen LogP contribution in [0.5, 0.6) is 11.5 Å². The Bertz CT molecular complexity index is 1120. The predicted octanol–water partition coefficient (Wildman–Crippen LogP) is 5.51. The van der Waals surface area contributed by atoms with E-state index in [2.05, 4.69) is 23.2 Å². The van der Waals surface area contributed by atoms with Gasteiger partial charge in [0.15, 0.2) is 11.5 Å². The van der Waals surface area contributed by atoms with Crippen LogP contribution in [0.15, 0.2) is 42.5 Å². The van der Waals surface area contributed by atoms with Crippen molar-refractivity contribution in [2.75, 3.05) is 36.5 Å². The molecular formula is C27H33N3O3. The van der Waals surface area contributed by atoms with Crippen molar-refractivity contribution >= 4 is 28.3 Å². The summed E-state index contributed by atoms with van der Waals surface area (Å²) in [5.41, 5.74) is 3.70. The molecule has 0 saturated carbocycles. The molecule has 6 nitrogen and oxygen atoms in total. The number of amides is 1. The van der Waals surface area contributed by atoms with Gasteiger partial charge in [-0.2, -0.15) is 0 Å². The molecule has 6 heteroatoms. The minimum Gasteiger partial charge on any atom is -0.490 e. The molecule has 1 aliphatic heterocycles. The lowest BCUT2D eigenvalue weighted by molar-refractivity contribution is -0.115. The van der Waals surface area contributed by atoms with Gasteiger partial charge >= 0.3 is 0 Å². The van der Waals surface area contributed by atoms with E-state index in [-0.39, 0.29) is 12.3 Å². The second-order valence-corrected chi connectivity index (χ2v) is 8.41. The summed E-state index contributed by atoms with van der Waals surface area (Å²) >= 11 is 0. The van der Waals surface area contributed by atoms with Crippen LogP contribution in [0.25, 0.3) is 10.9 Å². The molecule has 0 atom stereocenters. The van der Waals surface area contributed by atoms with Gasteiger partial charge in [0.1, 0.15) is 5.82 Å². The van der Waals surface area contributed by atoms with Gasteiger partial charge in [-0.15, -0.1) is 0 Å². The van der Waals surface area contributed by atoms with Gasteiger partial charge in [-0.3, -0.25) is 4.79 Å². The van der Waals surface area contributed by atoms with Gasteiger partial charge in [0, 0.05) is 29.7 Å². The van der Waals surface area contributed by atoms with Crippen LogP contribution in [0, 0.1) is 6.92 Å². The number of fused-ring (bicyclic) bond motifs is 1. The van der Waals surface area contributed by atoms with Crippen LogP contribution >= 0.6 is 0 Å². The third kappa shape index (κ3) is 5.38. The summed E-state index contributed by atoms with van der Waals surface area (Å²) in [6.45, 7) is 9.15. The highest BCUT2D eigenvalue weighted by Crippen LogP contribution is 2.32. The summed E-state index contributed by atoms with van der Waals surface area (Å²) in [7, 11) is 0. The Labute approximate surface area is 195 Å². The molecule has 1 N–H and O–H groups in total. The largest absolute Gasteiger partial charge is 0.490 e. The van der Waals surface area contributed by atoms with Crippen molar-refractivity contribution < 1.29 is 14.3 Å². The number of piperidine rings is 1. The zero-order valence-corrected chi connectivity index (χ0v) is 19.8. The van der Waals surface area contributed by atoms with Crippen LogP contribution in [-0.2, 0) is 11.2 Å². The van der Waals surface area contributed by atoms with Crippen molar-refractivity contribution in [3.63, 3.8) is 0 Å². The Hall–Kier alpha value is -3.28. The first-order chi connectivity index (χ1) is 16.1. The standard InChI is InChI=1S/C27H33N3O3/c1-4-32-24-11-9-10-20(27(24)33-5-2)17-26(31)28-21-12-13-23-22(18-21)19(3)16-25(29-23)30-14-7-6-8-15-30/h9-13,16,18H,4-8,14-15,17H2,1-3H3,(H,28,31). The zero-order valence-electron chi connectivity index (χ0n) is 19.8. The molecule has 1 aliphatic rings. The maximum Gasteiger partial charge on any atom is 0.228 e. The van der Waals surface area contributed by atoms with Crippen molar-refractivity contribution in [3.8, 4) is 11.5 Å². The molecule has 4 rings (SSSR count). The van der Waals surface area contributed by atoms with E-state index in [1.807, 2.05) is 50.2 Å². The van der Waals surface area contributed by atoms with Crippen molar-refractivity contribution in [3.05, 3.63) is 53.6 Å². The Morgan fingerprint density at radius 2 is 1.82 bits per heavy atom. The van der Waals surface area contributed by atoms with Gasteiger partial charge in [0.25, 0.3) is 0 Å². The van der Waals surface area contributed by atoms with Crippen molar-refractivity contribution in [1.82, 2.24) is 4.98 Å². The van der Waals surface area contributed by atoms with Crippen molar-refractivity contribution in [2.24, 2.45) is 0 Å². The van der Waals surface area contributed by atoms with E-state index >= 15 is 0 Å². The third-order valence-electron chi connectivity index (χ3n) is 5.97. The number of carbonyl (C=O) groups excluding carboxylic acids is 1. The average molecular weight is 448 g/mol. The van der Waals surface area contributed by atoms with E-state index in [0.717, 1.165) is 41.1 Å². The molecule has 2 aromatic carbocycles. The molecule has 1 saturated heterocycles. The quantitative estimate of drug-likeness (QED) is 0.493. The normalized spacial score (nSPS) is 13.7. The minimum absolute atomic E-state index is 0.0977. The van der Waals surface area contributed by atoms with Gasteiger partial charge in [0.05, 0.1) is 25.2 Å². The maximum absolute atomic E-state index is 12.9. The number of aromatic nitrogens is 1. The number of nitrogens with zero attached hydrogens (tertiary/aromatic N) is 2. The van der Waals surface area contributed by atoms with Crippen LogP contribution in [0.1, 0.15) is 44.2 Å². The van der Waals surface area contributed by atoms with E-state index in [4.69, 9.17) is 14.5 Å². The molecule has 1 fully saturated rings. The van der Waals surface area contributed by atoms with E-state index in [9.17, 15) is 4.79 Å². The van der Waals surface area contributed by atoms with Crippen LogP contribution < -0.4 is 19.7 Å². The first-order valence-corrected chi connectivity index (χ1v) is 11.9. The summed E-state index contributed by atoms with van der Waals surface area (Å²) in [5, 5.41) is 4.09. The number of anilines is 2. The van der Waals surface area contributed by atoms with Crippen LogP contribution in [0.2, 0.25) is 0 Å². The molecule has 2 heterocycles. The fourth-order valence-corrected chi connectivity index (χ4v) is 4.40. The van der Waals surface area contributed by atoms with Crippen LogP contribution in [0.3, 0.4) is 0 Å². The van der Waals surface area contributed by atoms with Gasteiger partial charge in [-0.05, 0) is 75.9 Å². The molecule has 0 radical (unpaired) electrons. The lowest BCUT2D eigenvalue weighted by Gasteiger charge is -2.28. The second-order valence-electron chi connectivity index (χ2n) is 8.41. The number of carbonyl (C=O) groups is 1. The first-order valence-electron chi connectivity index (χ1n) is 11.9. The Morgan fingerprint density at radius 1 is 1.03 bits per heavy atom. The fraction of sp³-hybridized carbons (Fsp3) is 0.407. The van der Waals surface area contributed by atoms with Crippen molar-refractivity contribution in [2.45, 2.75) is 46.5 Å². The highest BCUT2D eigenvalue weighted by molar-refractivity contribution is 5.96. The SMILES string of the molecule is CCOc1cccc(CC(=O)Nc2ccc3nc(N4CCCCC4)cc(C)c3c2)c1OCC. The predicted molar refractivity (Wildman–Crippen MR) is 134 cm³/mol. The number of ether oxygens (including phenoxy) is 2. The summed E-state index contributed by atoms with van der Waals surface area (Å²) < 4.78 is 11.5. The molecular weight excluding hydrogens is 414 g/mol. The van der Waals surface area contributed by atoms with Gasteiger partial charge < -0.3 is 19.7 Å². The number of hydrogen-bond donors (Lipinski definition) is 1. The molecule has 1 aromatic heterocycles. The van der Waals surface area contributed by atoms with E-state index in [0.29, 0.717) is 24.7 Å². The van der Waals surface area contributed by atoms with E-state index < -0.39 is 0 Å². The zero-order chi connectivity index (χ0) is 23.2. The van der Waals surface area contributed by atoms with Gasteiger partial charge in [-0.25, -0.2) is 4.98 Å². The molecule has 0 aliphatic carbocycles. The molecule has 33 heavy (non-hydrogen) atoms. The van der Waals surface area contributed by atoms with Gasteiger partial charge in [-0.1, -0.05) is 12.1 Å². The minimum atomic E-state index is -0.0977. The summed E-state index contributed by atoms with van der Waals surface area (Å²) in [6, 6.07) is 13.7. The summed E-state index contributed by atoms with van der Waals surface area (Å²) in [6.07, 6.45) is 3.96. The number of rotatable bonds is 8. The number of hydrogen-bond acceptors (Lipinski definition) is 5. The summed E-state index contributed by atoms with van der Waals surface area (Å²) in [5.74, 6) is 2.26. The highest BCUT2D eigenvalue weighted by atomic mass is 16.5. The lowest BCUT2D eigenvalue weighted by atomic mass is 10.1. The number of para-hydroxylation sites is 1. The summed E-state index contributed by atoms with van der Waals surface area (Å²) in [4.78, 5) is 20.1. The Kier molecular flexibility index (Phi) is 7.33. The molecule has 0 unspecified atom stereocenters. The smallest absolute Gasteiger partial charge is 0.228 e. The van der Waals surface area contributed by atoms with E-state index in [1.54, 1.807) is 0 Å². The average Bonchev–Trinajstić information content (AvgIpc) is 2.82. The van der Waals surface area contributed by atoms with Crippen LogP contribution in [-0.4, -0.2) is 37.2 Å². The van der Waals surface area contributed by atoms with Crippen molar-refractivity contribution in [1.29, 1.82) is 0 Å². The highest BCUT2D eigenvalue weighted by Gasteiger charge is 2.16. The Morgan fingerprint density at radius 3 is 2.58 bits per heavy atom. The Balaban J connectivity index is 1.51. The lowest BCUT2D eigenvalue weighted by Crippen LogP contribution is -2.30. The molecule has 3 aromatic rings. The number of pyridine rings is 1. The number of aryl methyl sites for hydroxylation is 1. The molecule has 1 amide bonds. The molecule has 0 spiro atoms. The van der Waals surface area contributed by atoms with Crippen LogP contribution in [0.4, 0.5) is 11.5 Å². The van der Waals surface area contributed by atoms with E-state index in [1.165, 1.54) is 24.8 Å². The second kappa shape index (κ2) is 10.6. The fourth-order valence-electron chi connectivity index (χ4n) is 4.40. The third-order valence-corrected chi connectivity index (χ3v) is 5.97. The van der Waals surface area contributed by atoms with Gasteiger partial charge in [0.2, 0.25) is 5.91 Å². The monoisotopic (exact) mass is 447 g/mol. The first kappa shape index (κ1) is 22.9.